The SMILES string of the molecule is CCc1ccc(C2CNCCN2C(=O)C2CC(=O)N(CC)C2)cc1. The normalized spacial score (nSPS) is 24.5. The van der Waals surface area contributed by atoms with Gasteiger partial charge in [-0.1, -0.05) is 31.2 Å². The van der Waals surface area contributed by atoms with Crippen molar-refractivity contribution in [2.45, 2.75) is 32.7 Å². The maximum Gasteiger partial charge on any atom is 0.228 e. The zero-order chi connectivity index (χ0) is 17.1. The van der Waals surface area contributed by atoms with Gasteiger partial charge in [0.25, 0.3) is 0 Å². The van der Waals surface area contributed by atoms with Crippen LogP contribution in [-0.4, -0.2) is 54.3 Å². The molecule has 24 heavy (non-hydrogen) atoms. The number of carbonyl (C=O) groups excluding carboxylic acids is 2. The average Bonchev–Trinajstić information content (AvgIpc) is 3.02. The summed E-state index contributed by atoms with van der Waals surface area (Å²) in [5, 5.41) is 3.39. The van der Waals surface area contributed by atoms with E-state index in [4.69, 9.17) is 0 Å². The molecular weight excluding hydrogens is 302 g/mol. The standard InChI is InChI=1S/C19H27N3O2/c1-3-14-5-7-15(8-6-14)17-12-20-9-10-22(17)19(24)16-11-18(23)21(4-2)13-16/h5-8,16-17,20H,3-4,9-13H2,1-2H3. The second-order valence-corrected chi connectivity index (χ2v) is 6.68. The summed E-state index contributed by atoms with van der Waals surface area (Å²) in [5.41, 5.74) is 2.48. The highest BCUT2D eigenvalue weighted by atomic mass is 16.2. The lowest BCUT2D eigenvalue weighted by molar-refractivity contribution is -0.139. The molecule has 1 aromatic carbocycles. The van der Waals surface area contributed by atoms with Crippen LogP contribution >= 0.6 is 0 Å². The number of likely N-dealkylation sites (tertiary alicyclic amines) is 1. The third-order valence-corrected chi connectivity index (χ3v) is 5.24. The minimum atomic E-state index is -0.187. The molecule has 2 aliphatic rings. The maximum atomic E-state index is 13.0. The highest BCUT2D eigenvalue weighted by Gasteiger charge is 2.38. The summed E-state index contributed by atoms with van der Waals surface area (Å²) < 4.78 is 0. The van der Waals surface area contributed by atoms with E-state index in [1.54, 1.807) is 4.90 Å². The van der Waals surface area contributed by atoms with Crippen LogP contribution in [0, 0.1) is 5.92 Å². The van der Waals surface area contributed by atoms with Gasteiger partial charge in [0.1, 0.15) is 0 Å². The summed E-state index contributed by atoms with van der Waals surface area (Å²) >= 11 is 0. The molecule has 2 unspecified atom stereocenters. The van der Waals surface area contributed by atoms with E-state index >= 15 is 0 Å². The molecule has 0 bridgehead atoms. The van der Waals surface area contributed by atoms with Gasteiger partial charge in [-0.25, -0.2) is 0 Å². The first-order valence-electron chi connectivity index (χ1n) is 9.01. The number of nitrogens with zero attached hydrogens (tertiary/aromatic N) is 2. The van der Waals surface area contributed by atoms with Gasteiger partial charge in [0.2, 0.25) is 11.8 Å². The molecule has 0 aliphatic carbocycles. The Bertz CT molecular complexity index is 599. The Balaban J connectivity index is 1.76. The monoisotopic (exact) mass is 329 g/mol. The first kappa shape index (κ1) is 17.0. The van der Waals surface area contributed by atoms with Crippen molar-refractivity contribution in [3.05, 3.63) is 35.4 Å². The highest BCUT2D eigenvalue weighted by Crippen LogP contribution is 2.28. The summed E-state index contributed by atoms with van der Waals surface area (Å²) in [7, 11) is 0. The molecule has 0 saturated carbocycles. The quantitative estimate of drug-likeness (QED) is 0.913. The summed E-state index contributed by atoms with van der Waals surface area (Å²) in [6.45, 7) is 7.65. The van der Waals surface area contributed by atoms with E-state index in [1.165, 1.54) is 11.1 Å². The molecule has 130 valence electrons. The molecule has 2 atom stereocenters. The van der Waals surface area contributed by atoms with Gasteiger partial charge in [-0.15, -0.1) is 0 Å². The van der Waals surface area contributed by atoms with E-state index < -0.39 is 0 Å². The van der Waals surface area contributed by atoms with Crippen molar-refractivity contribution >= 4 is 11.8 Å². The number of nitrogens with one attached hydrogen (secondary N) is 1. The zero-order valence-corrected chi connectivity index (χ0v) is 14.6. The molecule has 2 amide bonds. The summed E-state index contributed by atoms with van der Waals surface area (Å²) in [6, 6.07) is 8.61. The van der Waals surface area contributed by atoms with Crippen LogP contribution < -0.4 is 5.32 Å². The van der Waals surface area contributed by atoms with E-state index in [-0.39, 0.29) is 23.8 Å². The number of amides is 2. The Kier molecular flexibility index (Phi) is 5.19. The topological polar surface area (TPSA) is 52.7 Å². The summed E-state index contributed by atoms with van der Waals surface area (Å²) in [6.07, 6.45) is 1.38. The molecule has 1 N–H and O–H groups in total. The van der Waals surface area contributed by atoms with Gasteiger partial charge in [-0.05, 0) is 24.5 Å². The van der Waals surface area contributed by atoms with E-state index in [9.17, 15) is 9.59 Å². The average molecular weight is 329 g/mol. The van der Waals surface area contributed by atoms with Gasteiger partial charge in [0, 0.05) is 39.1 Å². The molecule has 2 fully saturated rings. The van der Waals surface area contributed by atoms with Crippen LogP contribution in [0.25, 0.3) is 0 Å². The Morgan fingerprint density at radius 3 is 2.62 bits per heavy atom. The van der Waals surface area contributed by atoms with Crippen molar-refractivity contribution < 1.29 is 9.59 Å². The summed E-state index contributed by atoms with van der Waals surface area (Å²) in [4.78, 5) is 28.8. The van der Waals surface area contributed by atoms with Crippen molar-refractivity contribution in [3.8, 4) is 0 Å². The molecule has 2 aliphatic heterocycles. The molecule has 5 heteroatoms. The molecule has 2 saturated heterocycles. The second kappa shape index (κ2) is 7.34. The Morgan fingerprint density at radius 2 is 2.00 bits per heavy atom. The number of benzene rings is 1. The molecule has 3 rings (SSSR count). The van der Waals surface area contributed by atoms with E-state index in [2.05, 4.69) is 36.5 Å². The molecule has 0 aromatic heterocycles. The summed E-state index contributed by atoms with van der Waals surface area (Å²) in [5.74, 6) is 0.0492. The maximum absolute atomic E-state index is 13.0. The third-order valence-electron chi connectivity index (χ3n) is 5.24. The predicted molar refractivity (Wildman–Crippen MR) is 93.5 cm³/mol. The number of carbonyl (C=O) groups is 2. The molecule has 0 spiro atoms. The first-order valence-corrected chi connectivity index (χ1v) is 9.01. The van der Waals surface area contributed by atoms with Crippen LogP contribution in [0.3, 0.4) is 0 Å². The minimum Gasteiger partial charge on any atom is -0.342 e. The molecule has 5 nitrogen and oxygen atoms in total. The number of hydrogen-bond acceptors (Lipinski definition) is 3. The fourth-order valence-corrected chi connectivity index (χ4v) is 3.72. The predicted octanol–water partition coefficient (Wildman–Crippen LogP) is 1.59. The largest absolute Gasteiger partial charge is 0.342 e. The number of piperazine rings is 1. The van der Waals surface area contributed by atoms with E-state index in [1.807, 2.05) is 11.8 Å². The number of hydrogen-bond donors (Lipinski definition) is 1. The Labute approximate surface area is 144 Å². The second-order valence-electron chi connectivity index (χ2n) is 6.68. The first-order chi connectivity index (χ1) is 11.6. The van der Waals surface area contributed by atoms with E-state index in [0.717, 1.165) is 19.5 Å². The molecular formula is C19H27N3O2. The number of aryl methyl sites for hydroxylation is 1. The van der Waals surface area contributed by atoms with E-state index in [0.29, 0.717) is 26.1 Å². The van der Waals surface area contributed by atoms with Gasteiger partial charge in [0.15, 0.2) is 0 Å². The van der Waals surface area contributed by atoms with Gasteiger partial charge in [0.05, 0.1) is 12.0 Å². The van der Waals surface area contributed by atoms with Crippen LogP contribution in [0.15, 0.2) is 24.3 Å². The van der Waals surface area contributed by atoms with Gasteiger partial charge in [-0.3, -0.25) is 9.59 Å². The zero-order valence-electron chi connectivity index (χ0n) is 14.6. The van der Waals surface area contributed by atoms with Crippen molar-refractivity contribution in [2.75, 3.05) is 32.7 Å². The molecule has 0 radical (unpaired) electrons. The fourth-order valence-electron chi connectivity index (χ4n) is 3.72. The fraction of sp³-hybridized carbons (Fsp3) is 0.579. The minimum absolute atomic E-state index is 0.0583. The third kappa shape index (κ3) is 3.31. The van der Waals surface area contributed by atoms with Crippen LogP contribution in [-0.2, 0) is 16.0 Å². The lowest BCUT2D eigenvalue weighted by Gasteiger charge is -2.38. The lowest BCUT2D eigenvalue weighted by Crippen LogP contribution is -2.50. The van der Waals surface area contributed by atoms with Crippen molar-refractivity contribution in [2.24, 2.45) is 5.92 Å². The van der Waals surface area contributed by atoms with Crippen LogP contribution in [0.4, 0.5) is 0 Å². The van der Waals surface area contributed by atoms with Crippen LogP contribution in [0.5, 0.6) is 0 Å². The van der Waals surface area contributed by atoms with Gasteiger partial charge >= 0.3 is 0 Å². The highest BCUT2D eigenvalue weighted by molar-refractivity contribution is 5.89. The van der Waals surface area contributed by atoms with Crippen molar-refractivity contribution in [3.63, 3.8) is 0 Å². The van der Waals surface area contributed by atoms with Crippen molar-refractivity contribution in [1.29, 1.82) is 0 Å². The van der Waals surface area contributed by atoms with Gasteiger partial charge < -0.3 is 15.1 Å². The lowest BCUT2D eigenvalue weighted by atomic mass is 9.98. The van der Waals surface area contributed by atoms with Gasteiger partial charge in [-0.2, -0.15) is 0 Å². The molecule has 2 heterocycles. The Hall–Kier alpha value is -1.88. The van der Waals surface area contributed by atoms with Crippen LogP contribution in [0.1, 0.15) is 37.4 Å². The smallest absolute Gasteiger partial charge is 0.228 e. The molecule has 1 aromatic rings. The van der Waals surface area contributed by atoms with Crippen LogP contribution in [0.2, 0.25) is 0 Å². The van der Waals surface area contributed by atoms with Crippen molar-refractivity contribution in [1.82, 2.24) is 15.1 Å². The number of rotatable bonds is 4. The Morgan fingerprint density at radius 1 is 1.25 bits per heavy atom.